The van der Waals surface area contributed by atoms with Crippen LogP contribution in [-0.4, -0.2) is 32.5 Å². The molecule has 5 rings (SSSR count). The van der Waals surface area contributed by atoms with Crippen LogP contribution >= 0.6 is 0 Å². The summed E-state index contributed by atoms with van der Waals surface area (Å²) in [6, 6.07) is 7.98. The number of pyridine rings is 3. The molecule has 154 valence electrons. The van der Waals surface area contributed by atoms with Crippen LogP contribution in [0.2, 0.25) is 0 Å². The molecule has 0 aliphatic heterocycles. The Balaban J connectivity index is 1.34. The van der Waals surface area contributed by atoms with Crippen LogP contribution < -0.4 is 16.2 Å². The lowest BCUT2D eigenvalue weighted by molar-refractivity contribution is 0.301. The Hall–Kier alpha value is -3.19. The quantitative estimate of drug-likeness (QED) is 0.497. The lowest BCUT2D eigenvalue weighted by Crippen LogP contribution is -2.26. The predicted molar refractivity (Wildman–Crippen MR) is 119 cm³/mol. The van der Waals surface area contributed by atoms with Crippen molar-refractivity contribution in [2.75, 3.05) is 18.9 Å². The number of fused-ring (bicyclic) bond motifs is 2. The zero-order chi connectivity index (χ0) is 20.5. The zero-order valence-electron chi connectivity index (χ0n) is 17.1. The highest BCUT2D eigenvalue weighted by molar-refractivity contribution is 5.82. The Morgan fingerprint density at radius 1 is 1.20 bits per heavy atom. The minimum atomic E-state index is -0.0550. The molecule has 1 fully saturated rings. The first-order chi connectivity index (χ1) is 14.7. The van der Waals surface area contributed by atoms with Crippen molar-refractivity contribution < 1.29 is 0 Å². The summed E-state index contributed by atoms with van der Waals surface area (Å²) < 4.78 is 3.73. The molecule has 7 heteroatoms. The van der Waals surface area contributed by atoms with Crippen LogP contribution in [-0.2, 0) is 13.1 Å². The Morgan fingerprint density at radius 3 is 2.90 bits per heavy atom. The molecule has 0 aromatic carbocycles. The van der Waals surface area contributed by atoms with Crippen LogP contribution in [0, 0.1) is 5.92 Å². The fourth-order valence-electron chi connectivity index (χ4n) is 4.00. The minimum Gasteiger partial charge on any atom is -0.373 e. The van der Waals surface area contributed by atoms with Gasteiger partial charge >= 0.3 is 0 Å². The van der Waals surface area contributed by atoms with Crippen molar-refractivity contribution in [3.8, 4) is 0 Å². The van der Waals surface area contributed by atoms with Gasteiger partial charge < -0.3 is 19.6 Å². The molecule has 2 N–H and O–H groups in total. The molecule has 0 bridgehead atoms. The van der Waals surface area contributed by atoms with E-state index < -0.39 is 0 Å². The standard InChI is InChI=1S/C23H26N6O/c1-24-21-9-18-7-8-28(23(30)20(18)12-26-21)14-19-15-29-13-17(5-6-22(29)27-19)11-25-10-16-3-2-4-16/h5-9,12-13,15-16,25H,2-4,10-11,14H2,1H3,(H,24,26). The third-order valence-electron chi connectivity index (χ3n) is 6.00. The highest BCUT2D eigenvalue weighted by atomic mass is 16.1. The van der Waals surface area contributed by atoms with Crippen LogP contribution in [0.4, 0.5) is 5.82 Å². The van der Waals surface area contributed by atoms with Crippen LogP contribution in [0.3, 0.4) is 0 Å². The van der Waals surface area contributed by atoms with E-state index in [2.05, 4.69) is 32.9 Å². The molecule has 0 spiro atoms. The molecule has 4 aromatic rings. The molecular formula is C23H26N6O. The molecule has 1 aliphatic carbocycles. The number of nitrogens with one attached hydrogen (secondary N) is 2. The Kier molecular flexibility index (Phi) is 4.96. The Labute approximate surface area is 174 Å². The summed E-state index contributed by atoms with van der Waals surface area (Å²) in [6.07, 6.45) is 11.7. The van der Waals surface area contributed by atoms with E-state index >= 15 is 0 Å². The van der Waals surface area contributed by atoms with Crippen molar-refractivity contribution in [2.45, 2.75) is 32.4 Å². The number of hydrogen-bond donors (Lipinski definition) is 2. The minimum absolute atomic E-state index is 0.0550. The monoisotopic (exact) mass is 402 g/mol. The second-order valence-corrected chi connectivity index (χ2v) is 8.12. The third kappa shape index (κ3) is 3.68. The van der Waals surface area contributed by atoms with Crippen molar-refractivity contribution in [1.29, 1.82) is 0 Å². The number of anilines is 1. The number of aromatic nitrogens is 4. The number of nitrogens with zero attached hydrogens (tertiary/aromatic N) is 4. The number of hydrogen-bond acceptors (Lipinski definition) is 5. The van der Waals surface area contributed by atoms with E-state index in [1.807, 2.05) is 42.0 Å². The number of rotatable bonds is 7. The lowest BCUT2D eigenvalue weighted by Gasteiger charge is -2.25. The second kappa shape index (κ2) is 7.91. The fourth-order valence-corrected chi connectivity index (χ4v) is 4.00. The fraction of sp³-hybridized carbons (Fsp3) is 0.348. The largest absolute Gasteiger partial charge is 0.373 e. The van der Waals surface area contributed by atoms with E-state index in [4.69, 9.17) is 0 Å². The van der Waals surface area contributed by atoms with Crippen molar-refractivity contribution in [3.05, 3.63) is 70.7 Å². The van der Waals surface area contributed by atoms with E-state index in [-0.39, 0.29) is 5.56 Å². The summed E-state index contributed by atoms with van der Waals surface area (Å²) >= 11 is 0. The Morgan fingerprint density at radius 2 is 2.10 bits per heavy atom. The van der Waals surface area contributed by atoms with Gasteiger partial charge in [0.1, 0.15) is 11.5 Å². The van der Waals surface area contributed by atoms with Crippen molar-refractivity contribution >= 4 is 22.2 Å². The van der Waals surface area contributed by atoms with E-state index in [1.54, 1.807) is 10.8 Å². The average Bonchev–Trinajstić information content (AvgIpc) is 3.13. The van der Waals surface area contributed by atoms with Gasteiger partial charge in [0.2, 0.25) is 0 Å². The normalized spacial score (nSPS) is 14.3. The highest BCUT2D eigenvalue weighted by Crippen LogP contribution is 2.25. The van der Waals surface area contributed by atoms with Gasteiger partial charge in [-0.2, -0.15) is 0 Å². The molecule has 0 atom stereocenters. The summed E-state index contributed by atoms with van der Waals surface area (Å²) in [6.45, 7) is 2.40. The van der Waals surface area contributed by atoms with Gasteiger partial charge in [-0.15, -0.1) is 0 Å². The SMILES string of the molecule is CNc1cc2ccn(Cc3cn4cc(CNCC5CCC5)ccc4n3)c(=O)c2cn1. The van der Waals surface area contributed by atoms with Crippen LogP contribution in [0.5, 0.6) is 0 Å². The third-order valence-corrected chi connectivity index (χ3v) is 6.00. The maximum absolute atomic E-state index is 12.9. The summed E-state index contributed by atoms with van der Waals surface area (Å²) in [7, 11) is 1.81. The van der Waals surface area contributed by atoms with Gasteiger partial charge in [0.15, 0.2) is 0 Å². The van der Waals surface area contributed by atoms with Gasteiger partial charge in [0.05, 0.1) is 17.6 Å². The molecular weight excluding hydrogens is 376 g/mol. The van der Waals surface area contributed by atoms with Gasteiger partial charge in [0.25, 0.3) is 5.56 Å². The molecule has 7 nitrogen and oxygen atoms in total. The predicted octanol–water partition coefficient (Wildman–Crippen LogP) is 3.02. The smallest absolute Gasteiger partial charge is 0.260 e. The molecule has 30 heavy (non-hydrogen) atoms. The van der Waals surface area contributed by atoms with Crippen LogP contribution in [0.25, 0.3) is 16.4 Å². The molecule has 0 amide bonds. The van der Waals surface area contributed by atoms with Gasteiger partial charge in [0, 0.05) is 38.4 Å². The van der Waals surface area contributed by atoms with E-state index in [1.165, 1.54) is 24.8 Å². The van der Waals surface area contributed by atoms with Gasteiger partial charge in [-0.1, -0.05) is 12.5 Å². The Bertz CT molecular complexity index is 1250. The topological polar surface area (TPSA) is 76.2 Å². The van der Waals surface area contributed by atoms with Gasteiger partial charge in [-0.3, -0.25) is 4.79 Å². The summed E-state index contributed by atoms with van der Waals surface area (Å²) in [5.41, 5.74) is 2.93. The van der Waals surface area contributed by atoms with Crippen molar-refractivity contribution in [2.24, 2.45) is 5.92 Å². The molecule has 1 aliphatic rings. The van der Waals surface area contributed by atoms with E-state index in [9.17, 15) is 4.79 Å². The summed E-state index contributed by atoms with van der Waals surface area (Å²) in [4.78, 5) is 21.8. The first-order valence-corrected chi connectivity index (χ1v) is 10.5. The molecule has 0 saturated heterocycles. The van der Waals surface area contributed by atoms with Crippen LogP contribution in [0.15, 0.2) is 53.8 Å². The van der Waals surface area contributed by atoms with Gasteiger partial charge in [-0.25, -0.2) is 9.97 Å². The average molecular weight is 403 g/mol. The van der Waals surface area contributed by atoms with E-state index in [0.29, 0.717) is 11.9 Å². The summed E-state index contributed by atoms with van der Waals surface area (Å²) in [5, 5.41) is 8.05. The molecule has 0 radical (unpaired) electrons. The maximum Gasteiger partial charge on any atom is 0.260 e. The van der Waals surface area contributed by atoms with Crippen molar-refractivity contribution in [3.63, 3.8) is 0 Å². The zero-order valence-corrected chi connectivity index (χ0v) is 17.1. The second-order valence-electron chi connectivity index (χ2n) is 8.12. The first-order valence-electron chi connectivity index (χ1n) is 10.5. The molecule has 0 unspecified atom stereocenters. The summed E-state index contributed by atoms with van der Waals surface area (Å²) in [5.74, 6) is 1.60. The van der Waals surface area contributed by atoms with Gasteiger partial charge in [-0.05, 0) is 54.5 Å². The molecule has 4 heterocycles. The van der Waals surface area contributed by atoms with E-state index in [0.717, 1.165) is 41.6 Å². The lowest BCUT2D eigenvalue weighted by atomic mass is 9.85. The van der Waals surface area contributed by atoms with Crippen LogP contribution in [0.1, 0.15) is 30.5 Å². The highest BCUT2D eigenvalue weighted by Gasteiger charge is 2.16. The maximum atomic E-state index is 12.9. The first kappa shape index (κ1) is 18.8. The van der Waals surface area contributed by atoms with Crippen molar-refractivity contribution in [1.82, 2.24) is 24.3 Å². The molecule has 4 aromatic heterocycles. The molecule has 1 saturated carbocycles. The number of imidazole rings is 1.